The topological polar surface area (TPSA) is 192 Å². The van der Waals surface area contributed by atoms with Gasteiger partial charge in [-0.2, -0.15) is 0 Å². The summed E-state index contributed by atoms with van der Waals surface area (Å²) in [4.78, 5) is 43.1. The highest BCUT2D eigenvalue weighted by atomic mass is 31.2. The maximum Gasteiger partial charge on any atom is 0.476 e. The minimum absolute atomic E-state index is 0.0643. The molecule has 4 N–H and O–H groups in total. The number of anilines is 1. The predicted molar refractivity (Wildman–Crippen MR) is 260 cm³/mol. The van der Waals surface area contributed by atoms with Gasteiger partial charge in [0.1, 0.15) is 29.4 Å². The van der Waals surface area contributed by atoms with E-state index < -0.39 is 55.4 Å². The van der Waals surface area contributed by atoms with Crippen molar-refractivity contribution in [1.82, 2.24) is 25.6 Å². The summed E-state index contributed by atoms with van der Waals surface area (Å²) in [7, 11) is -4.43. The number of benzene rings is 5. The fourth-order valence-corrected chi connectivity index (χ4v) is 11.7. The Balaban J connectivity index is 0.955. The molecule has 15 nitrogen and oxygen atoms in total. The first-order valence-corrected chi connectivity index (χ1v) is 25.0. The molecule has 0 radical (unpaired) electrons. The molecule has 16 heteroatoms. The van der Waals surface area contributed by atoms with Crippen LogP contribution in [0.25, 0.3) is 44.9 Å². The van der Waals surface area contributed by atoms with Gasteiger partial charge in [-0.15, -0.1) is 0 Å². The smallest absolute Gasteiger partial charge is 0.469 e. The van der Waals surface area contributed by atoms with E-state index in [2.05, 4.69) is 45.2 Å². The molecule has 354 valence electrons. The fourth-order valence-electron chi connectivity index (χ4n) is 10.3. The molecule has 0 saturated carbocycles. The molecule has 1 unspecified atom stereocenters. The van der Waals surface area contributed by atoms with Crippen molar-refractivity contribution in [2.45, 2.75) is 77.2 Å². The van der Waals surface area contributed by atoms with E-state index in [1.54, 1.807) is 20.0 Å². The zero-order valence-electron chi connectivity index (χ0n) is 38.7. The summed E-state index contributed by atoms with van der Waals surface area (Å²) < 4.78 is 53.4. The largest absolute Gasteiger partial charge is 0.476 e. The predicted octanol–water partition coefficient (Wildman–Crippen LogP) is 10.4. The third-order valence-electron chi connectivity index (χ3n) is 13.7. The molecule has 2 amide bonds. The van der Waals surface area contributed by atoms with Gasteiger partial charge in [0, 0.05) is 51.5 Å². The normalized spacial score (nSPS) is 20.0. The number of ether oxygens (including phenoxy) is 1. The molecular weight excluding hydrogens is 908 g/mol. The molecule has 3 aromatic heterocycles. The lowest BCUT2D eigenvalue weighted by atomic mass is 9.72. The first kappa shape index (κ1) is 44.0. The highest BCUT2D eigenvalue weighted by Crippen LogP contribution is 2.61. The van der Waals surface area contributed by atoms with Crippen LogP contribution >= 0.6 is 7.82 Å². The lowest BCUT2D eigenvalue weighted by Gasteiger charge is -2.30. The van der Waals surface area contributed by atoms with Crippen molar-refractivity contribution in [2.24, 2.45) is 11.8 Å². The van der Waals surface area contributed by atoms with Crippen LogP contribution < -0.4 is 20.7 Å². The Hall–Kier alpha value is -7.29. The summed E-state index contributed by atoms with van der Waals surface area (Å²) in [5.41, 5.74) is 7.68. The molecule has 4 aliphatic heterocycles. The summed E-state index contributed by atoms with van der Waals surface area (Å²) >= 11 is 0. The number of amides is 2. The summed E-state index contributed by atoms with van der Waals surface area (Å²) in [5, 5.41) is 10.9. The van der Waals surface area contributed by atoms with Crippen LogP contribution in [0.4, 0.5) is 5.69 Å². The van der Waals surface area contributed by atoms with Gasteiger partial charge in [-0.05, 0) is 46.2 Å². The standard InChI is InChI=1S/C54H49N6O9P/c1-29(2)44-52-59-46-48(68-52)54-37-19-11-18-35(34-17-12-20-39-43(34)36(25-55-39)42-26-56-51(46)66-42)45(37)60-53(54)67-41-22-21-33(23-38(41)54)24-40(49(61)58-44)57-50(62)47(30(3)4)69-70(63,64-27-31-13-7-5-8-14-31)65-28-32-15-9-6-10-16-32/h5-23,25-26,29-30,40,44,47,53,55,60H,24,27-28H2,1-4H3,(H,57,62)(H,58,61)/t40-,44-,47-,53?,54-/m0/s1. The van der Waals surface area contributed by atoms with Crippen molar-refractivity contribution < 1.29 is 41.3 Å². The molecule has 0 aliphatic carbocycles. The van der Waals surface area contributed by atoms with Crippen LogP contribution in [-0.2, 0) is 52.8 Å². The van der Waals surface area contributed by atoms with Crippen LogP contribution in [0.2, 0.25) is 0 Å². The lowest BCUT2D eigenvalue weighted by molar-refractivity contribution is -0.135. The number of aromatic amines is 1. The van der Waals surface area contributed by atoms with E-state index in [0.717, 1.165) is 61.1 Å². The van der Waals surface area contributed by atoms with Gasteiger partial charge in [-0.1, -0.05) is 131 Å². The second-order valence-corrected chi connectivity index (χ2v) is 20.6. The minimum atomic E-state index is -4.43. The summed E-state index contributed by atoms with van der Waals surface area (Å²) in [6, 6.07) is 34.6. The fraction of sp³-hybridized carbons (Fsp3) is 0.259. The van der Waals surface area contributed by atoms with Crippen molar-refractivity contribution in [3.05, 3.63) is 167 Å². The second-order valence-electron chi connectivity index (χ2n) is 18.9. The zero-order chi connectivity index (χ0) is 47.9. The molecule has 0 saturated heterocycles. The van der Waals surface area contributed by atoms with E-state index in [1.165, 1.54) is 0 Å². The Kier molecular flexibility index (Phi) is 10.7. The van der Waals surface area contributed by atoms with Gasteiger partial charge < -0.3 is 34.5 Å². The molecule has 5 aromatic carbocycles. The van der Waals surface area contributed by atoms with Gasteiger partial charge in [0.2, 0.25) is 17.7 Å². The molecule has 12 rings (SSSR count). The Morgan fingerprint density at radius 2 is 1.57 bits per heavy atom. The van der Waals surface area contributed by atoms with Crippen LogP contribution in [-0.4, -0.2) is 45.1 Å². The van der Waals surface area contributed by atoms with Crippen molar-refractivity contribution in [3.8, 4) is 39.8 Å². The molecule has 5 atom stereocenters. The minimum Gasteiger partial charge on any atom is -0.469 e. The van der Waals surface area contributed by atoms with Gasteiger partial charge in [0.25, 0.3) is 5.91 Å². The first-order valence-electron chi connectivity index (χ1n) is 23.5. The SMILES string of the molecule is CC(C)[C@H](OP(=O)(OCc1ccccc1)OCc1ccccc1)C(=O)N[C@H]1Cc2ccc3c(c2)[C@]24c5cccc(c5NC2O3)-c2cccc3[nH]cc(c23)-c2cnc(o2)-c2nc(oc24)[C@H](C(C)C)NC1=O. The molecule has 0 fully saturated rings. The van der Waals surface area contributed by atoms with Crippen molar-refractivity contribution in [1.29, 1.82) is 0 Å². The van der Waals surface area contributed by atoms with Gasteiger partial charge in [0.05, 0.1) is 19.4 Å². The highest BCUT2D eigenvalue weighted by Gasteiger charge is 2.62. The Bertz CT molecular complexity index is 3340. The van der Waals surface area contributed by atoms with Crippen LogP contribution in [0.3, 0.4) is 0 Å². The number of para-hydroxylation sites is 1. The average Bonchev–Trinajstić information content (AvgIpc) is 4.21. The van der Waals surface area contributed by atoms with E-state index in [4.69, 9.17) is 37.1 Å². The number of oxazole rings is 2. The molecule has 4 aliphatic rings. The number of carbonyl (C=O) groups is 2. The van der Waals surface area contributed by atoms with Gasteiger partial charge >= 0.3 is 7.82 Å². The maximum atomic E-state index is 14.9. The molecule has 1 spiro atoms. The average molecular weight is 957 g/mol. The number of H-pyrrole nitrogens is 1. The number of phosphoric acid groups is 1. The Morgan fingerprint density at radius 3 is 2.30 bits per heavy atom. The van der Waals surface area contributed by atoms with Gasteiger partial charge in [-0.25, -0.2) is 14.5 Å². The summed E-state index contributed by atoms with van der Waals surface area (Å²) in [6.45, 7) is 7.24. The molecule has 70 heavy (non-hydrogen) atoms. The number of hydrogen-bond donors (Lipinski definition) is 4. The van der Waals surface area contributed by atoms with Crippen LogP contribution in [0, 0.1) is 11.8 Å². The third-order valence-corrected chi connectivity index (χ3v) is 15.1. The number of rotatable bonds is 12. The zero-order valence-corrected chi connectivity index (χ0v) is 39.6. The first-order chi connectivity index (χ1) is 34.0. The second kappa shape index (κ2) is 17.0. The Labute approximate surface area is 402 Å². The number of aromatic nitrogens is 3. The van der Waals surface area contributed by atoms with Crippen molar-refractivity contribution >= 4 is 36.2 Å². The number of phosphoric ester groups is 1. The number of fused-ring (bicyclic) bond motifs is 7. The van der Waals surface area contributed by atoms with Gasteiger partial charge in [0.15, 0.2) is 23.4 Å². The molecule has 10 bridgehead atoms. The molecular formula is C54H49N6O9P. The lowest BCUT2D eigenvalue weighted by Crippen LogP contribution is -2.53. The van der Waals surface area contributed by atoms with Crippen molar-refractivity contribution in [2.75, 3.05) is 5.32 Å². The van der Waals surface area contributed by atoms with E-state index in [9.17, 15) is 14.2 Å². The quantitative estimate of drug-likeness (QED) is 0.0849. The number of nitrogens with zero attached hydrogens (tertiary/aromatic N) is 2. The van der Waals surface area contributed by atoms with Crippen LogP contribution in [0.15, 0.2) is 136 Å². The summed E-state index contributed by atoms with van der Waals surface area (Å²) in [5.74, 6) is 0.0889. The molecule has 8 aromatic rings. The summed E-state index contributed by atoms with van der Waals surface area (Å²) in [6.07, 6.45) is 1.63. The van der Waals surface area contributed by atoms with E-state index >= 15 is 0 Å². The highest BCUT2D eigenvalue weighted by molar-refractivity contribution is 7.48. The number of carbonyl (C=O) groups excluding carboxylic acids is 2. The monoisotopic (exact) mass is 956 g/mol. The number of nitrogens with one attached hydrogen (secondary N) is 4. The van der Waals surface area contributed by atoms with Crippen LogP contribution in [0.5, 0.6) is 5.75 Å². The molecule has 7 heterocycles. The van der Waals surface area contributed by atoms with E-state index in [0.29, 0.717) is 23.0 Å². The third kappa shape index (κ3) is 7.26. The van der Waals surface area contributed by atoms with Crippen LogP contribution in [0.1, 0.15) is 73.2 Å². The van der Waals surface area contributed by atoms with Crippen molar-refractivity contribution in [3.63, 3.8) is 0 Å². The van der Waals surface area contributed by atoms with E-state index in [-0.39, 0.29) is 37.3 Å². The van der Waals surface area contributed by atoms with E-state index in [1.807, 2.05) is 111 Å². The van der Waals surface area contributed by atoms with Gasteiger partial charge in [-0.3, -0.25) is 23.2 Å². The number of hydrogen-bond acceptors (Lipinski definition) is 12. The maximum absolute atomic E-state index is 14.9. The Morgan fingerprint density at radius 1 is 0.843 bits per heavy atom.